The van der Waals surface area contributed by atoms with Crippen molar-refractivity contribution in [2.24, 2.45) is 0 Å². The van der Waals surface area contributed by atoms with Gasteiger partial charge in [0, 0.05) is 30.5 Å². The number of aromatic nitrogens is 1. The van der Waals surface area contributed by atoms with Crippen LogP contribution in [0.25, 0.3) is 0 Å². The van der Waals surface area contributed by atoms with Gasteiger partial charge in [-0.3, -0.25) is 14.7 Å². The predicted molar refractivity (Wildman–Crippen MR) is 97.5 cm³/mol. The summed E-state index contributed by atoms with van der Waals surface area (Å²) < 4.78 is 5.37. The van der Waals surface area contributed by atoms with Gasteiger partial charge >= 0.3 is 0 Å². The van der Waals surface area contributed by atoms with Crippen LogP contribution in [0.3, 0.4) is 0 Å². The van der Waals surface area contributed by atoms with Gasteiger partial charge in [0.15, 0.2) is 0 Å². The van der Waals surface area contributed by atoms with E-state index in [0.29, 0.717) is 18.2 Å². The molecule has 0 bridgehead atoms. The van der Waals surface area contributed by atoms with Crippen LogP contribution in [0.5, 0.6) is 0 Å². The molecule has 3 rings (SSSR count). The summed E-state index contributed by atoms with van der Waals surface area (Å²) in [7, 11) is 0. The van der Waals surface area contributed by atoms with Gasteiger partial charge in [0.05, 0.1) is 25.3 Å². The Kier molecular flexibility index (Phi) is 6.02. The normalized spacial score (nSPS) is 17.7. The molecule has 6 heteroatoms. The first-order valence-corrected chi connectivity index (χ1v) is 8.80. The van der Waals surface area contributed by atoms with E-state index in [9.17, 15) is 4.79 Å². The molecule has 1 aliphatic rings. The number of hydrogen-bond donors (Lipinski definition) is 1. The van der Waals surface area contributed by atoms with E-state index in [1.165, 1.54) is 0 Å². The molecule has 0 aliphatic carbocycles. The highest BCUT2D eigenvalue weighted by molar-refractivity contribution is 6.30. The topological polar surface area (TPSA) is 54.5 Å². The number of ether oxygens (including phenoxy) is 1. The van der Waals surface area contributed by atoms with Gasteiger partial charge in [-0.15, -0.1) is 0 Å². The van der Waals surface area contributed by atoms with Gasteiger partial charge in [-0.1, -0.05) is 29.8 Å². The quantitative estimate of drug-likeness (QED) is 0.891. The Morgan fingerprint density at radius 3 is 2.56 bits per heavy atom. The third-order valence-corrected chi connectivity index (χ3v) is 4.73. The lowest BCUT2D eigenvalue weighted by Gasteiger charge is -2.32. The second kappa shape index (κ2) is 8.43. The Labute approximate surface area is 153 Å². The lowest BCUT2D eigenvalue weighted by molar-refractivity contribution is -0.128. The molecule has 0 unspecified atom stereocenters. The second-order valence-corrected chi connectivity index (χ2v) is 6.54. The molecule has 1 aromatic heterocycles. The van der Waals surface area contributed by atoms with E-state index in [2.05, 4.69) is 15.2 Å². The average molecular weight is 360 g/mol. The van der Waals surface area contributed by atoms with Crippen LogP contribution < -0.4 is 5.32 Å². The van der Waals surface area contributed by atoms with Crippen molar-refractivity contribution >= 4 is 17.5 Å². The summed E-state index contributed by atoms with van der Waals surface area (Å²) in [5, 5.41) is 3.83. The molecule has 1 amide bonds. The molecule has 132 valence electrons. The third-order valence-electron chi connectivity index (χ3n) is 4.48. The van der Waals surface area contributed by atoms with Crippen molar-refractivity contribution in [3.8, 4) is 0 Å². The van der Waals surface area contributed by atoms with Gasteiger partial charge in [-0.05, 0) is 36.2 Å². The smallest absolute Gasteiger partial charge is 0.237 e. The molecule has 1 aliphatic heterocycles. The number of halogens is 1. The van der Waals surface area contributed by atoms with Crippen LogP contribution in [0.2, 0.25) is 5.02 Å². The first kappa shape index (κ1) is 17.9. The number of morpholine rings is 1. The zero-order chi connectivity index (χ0) is 17.6. The van der Waals surface area contributed by atoms with Gasteiger partial charge in [0.25, 0.3) is 0 Å². The Balaban J connectivity index is 1.79. The molecular weight excluding hydrogens is 338 g/mol. The van der Waals surface area contributed by atoms with Crippen molar-refractivity contribution in [2.45, 2.75) is 19.0 Å². The van der Waals surface area contributed by atoms with Gasteiger partial charge in [0.2, 0.25) is 5.91 Å². The first-order chi connectivity index (χ1) is 12.1. The second-order valence-electron chi connectivity index (χ2n) is 6.10. The fourth-order valence-corrected chi connectivity index (χ4v) is 3.08. The Morgan fingerprint density at radius 2 is 1.92 bits per heavy atom. The Morgan fingerprint density at radius 1 is 1.20 bits per heavy atom. The molecule has 1 fully saturated rings. The molecule has 2 heterocycles. The summed E-state index contributed by atoms with van der Waals surface area (Å²) in [6.45, 7) is 4.81. The fourth-order valence-electron chi connectivity index (χ4n) is 2.95. The molecule has 2 aromatic rings. The van der Waals surface area contributed by atoms with E-state index in [0.717, 1.165) is 24.2 Å². The molecule has 1 N–H and O–H groups in total. The number of amides is 1. The number of nitrogens with zero attached hydrogens (tertiary/aromatic N) is 2. The number of pyridine rings is 1. The zero-order valence-corrected chi connectivity index (χ0v) is 14.9. The van der Waals surface area contributed by atoms with Crippen molar-refractivity contribution in [1.29, 1.82) is 0 Å². The summed E-state index contributed by atoms with van der Waals surface area (Å²) in [5.41, 5.74) is 1.91. The van der Waals surface area contributed by atoms with E-state index in [-0.39, 0.29) is 18.0 Å². The molecule has 0 spiro atoms. The number of rotatable bonds is 5. The van der Waals surface area contributed by atoms with E-state index < -0.39 is 0 Å². The van der Waals surface area contributed by atoms with Crippen molar-refractivity contribution in [2.75, 3.05) is 26.3 Å². The van der Waals surface area contributed by atoms with Crippen LogP contribution in [0.1, 0.15) is 24.1 Å². The summed E-state index contributed by atoms with van der Waals surface area (Å²) in [6.07, 6.45) is 3.50. The highest BCUT2D eigenvalue weighted by Crippen LogP contribution is 2.23. The minimum atomic E-state index is -0.262. The maximum atomic E-state index is 12.8. The maximum absolute atomic E-state index is 12.8. The van der Waals surface area contributed by atoms with E-state index >= 15 is 0 Å². The first-order valence-electron chi connectivity index (χ1n) is 8.42. The minimum Gasteiger partial charge on any atom is -0.379 e. The molecule has 25 heavy (non-hydrogen) atoms. The number of benzene rings is 1. The monoisotopic (exact) mass is 359 g/mol. The van der Waals surface area contributed by atoms with Gasteiger partial charge in [-0.2, -0.15) is 0 Å². The van der Waals surface area contributed by atoms with E-state index in [1.54, 1.807) is 12.4 Å². The predicted octanol–water partition coefficient (Wildman–Crippen LogP) is 2.66. The molecule has 2 atom stereocenters. The minimum absolute atomic E-state index is 0.00861. The number of carbonyl (C=O) groups is 1. The lowest BCUT2D eigenvalue weighted by Crippen LogP contribution is -2.50. The molecular formula is C19H22ClN3O2. The van der Waals surface area contributed by atoms with Crippen LogP contribution in [0.4, 0.5) is 0 Å². The fraction of sp³-hybridized carbons (Fsp3) is 0.368. The molecule has 0 radical (unpaired) electrons. The van der Waals surface area contributed by atoms with E-state index in [1.807, 2.05) is 43.3 Å². The van der Waals surface area contributed by atoms with Crippen LogP contribution in [-0.4, -0.2) is 48.1 Å². The summed E-state index contributed by atoms with van der Waals surface area (Å²) in [4.78, 5) is 19.2. The largest absolute Gasteiger partial charge is 0.379 e. The molecule has 1 saturated heterocycles. The molecule has 0 saturated carbocycles. The number of nitrogens with one attached hydrogen (secondary N) is 1. The van der Waals surface area contributed by atoms with Crippen molar-refractivity contribution < 1.29 is 9.53 Å². The maximum Gasteiger partial charge on any atom is 0.237 e. The standard InChI is InChI=1S/C19H22ClN3O2/c1-14(23-9-11-25-12-10-23)19(24)22-18(16-3-2-8-21-13-16)15-4-6-17(20)7-5-15/h2-8,13-14,18H,9-12H2,1H3,(H,22,24)/t14-,18+/m1/s1. The van der Waals surface area contributed by atoms with Gasteiger partial charge < -0.3 is 10.1 Å². The third kappa shape index (κ3) is 4.57. The van der Waals surface area contributed by atoms with Crippen LogP contribution in [0, 0.1) is 0 Å². The number of carbonyl (C=O) groups excluding carboxylic acids is 1. The summed E-state index contributed by atoms with van der Waals surface area (Å²) in [5.74, 6) is -0.00861. The Bertz CT molecular complexity index is 688. The SMILES string of the molecule is C[C@H](C(=O)N[C@@H](c1ccc(Cl)cc1)c1cccnc1)N1CCOCC1. The van der Waals surface area contributed by atoms with Crippen LogP contribution in [-0.2, 0) is 9.53 Å². The number of hydrogen-bond acceptors (Lipinski definition) is 4. The van der Waals surface area contributed by atoms with Crippen molar-refractivity contribution in [3.05, 3.63) is 64.9 Å². The molecule has 1 aromatic carbocycles. The Hall–Kier alpha value is -1.95. The van der Waals surface area contributed by atoms with Crippen LogP contribution >= 0.6 is 11.6 Å². The highest BCUT2D eigenvalue weighted by atomic mass is 35.5. The average Bonchev–Trinajstić information content (AvgIpc) is 2.67. The van der Waals surface area contributed by atoms with Crippen LogP contribution in [0.15, 0.2) is 48.8 Å². The zero-order valence-electron chi connectivity index (χ0n) is 14.2. The van der Waals surface area contributed by atoms with Crippen molar-refractivity contribution in [3.63, 3.8) is 0 Å². The van der Waals surface area contributed by atoms with Gasteiger partial charge in [-0.25, -0.2) is 0 Å². The molecule has 5 nitrogen and oxygen atoms in total. The summed E-state index contributed by atoms with van der Waals surface area (Å²) in [6, 6.07) is 10.9. The summed E-state index contributed by atoms with van der Waals surface area (Å²) >= 11 is 6.00. The van der Waals surface area contributed by atoms with E-state index in [4.69, 9.17) is 16.3 Å². The lowest BCUT2D eigenvalue weighted by atomic mass is 9.99. The highest BCUT2D eigenvalue weighted by Gasteiger charge is 2.26. The van der Waals surface area contributed by atoms with Crippen molar-refractivity contribution in [1.82, 2.24) is 15.2 Å². The van der Waals surface area contributed by atoms with Gasteiger partial charge in [0.1, 0.15) is 0 Å².